The number of para-hydroxylation sites is 1. The van der Waals surface area contributed by atoms with Crippen LogP contribution in [0.15, 0.2) is 42.5 Å². The summed E-state index contributed by atoms with van der Waals surface area (Å²) in [5.74, 6) is 4.67. The van der Waals surface area contributed by atoms with Gasteiger partial charge in [-0.1, -0.05) is 24.0 Å². The minimum absolute atomic E-state index is 0.0303. The molecule has 0 saturated heterocycles. The van der Waals surface area contributed by atoms with E-state index in [1.165, 1.54) is 12.1 Å². The highest BCUT2D eigenvalue weighted by atomic mass is 16.4. The molecule has 0 saturated carbocycles. The maximum atomic E-state index is 10.9. The molecular weight excluding hydrogens is 242 g/mol. The van der Waals surface area contributed by atoms with Crippen LogP contribution in [0.1, 0.15) is 21.5 Å². The number of carboxylic acid groups (broad SMARTS) is 1. The third-order valence-electron chi connectivity index (χ3n) is 2.52. The smallest absolute Gasteiger partial charge is 0.337 e. The van der Waals surface area contributed by atoms with Crippen LogP contribution >= 0.6 is 0 Å². The van der Waals surface area contributed by atoms with E-state index in [4.69, 9.17) is 10.8 Å². The molecule has 4 N–H and O–H groups in total. The van der Waals surface area contributed by atoms with E-state index in [0.717, 1.165) is 0 Å². The number of benzene rings is 2. The molecule has 0 amide bonds. The molecule has 0 atom stereocenters. The van der Waals surface area contributed by atoms with E-state index in [1.807, 2.05) is 0 Å². The van der Waals surface area contributed by atoms with Gasteiger partial charge in [-0.2, -0.15) is 0 Å². The zero-order valence-electron chi connectivity index (χ0n) is 9.92. The molecule has 19 heavy (non-hydrogen) atoms. The van der Waals surface area contributed by atoms with Gasteiger partial charge in [0.05, 0.1) is 11.3 Å². The Morgan fingerprint density at radius 3 is 2.53 bits per heavy atom. The molecule has 2 aromatic rings. The molecule has 0 aromatic heterocycles. The minimum Gasteiger partial charge on any atom is -0.508 e. The van der Waals surface area contributed by atoms with Crippen molar-refractivity contribution in [2.45, 2.75) is 0 Å². The second kappa shape index (κ2) is 5.15. The largest absolute Gasteiger partial charge is 0.508 e. The summed E-state index contributed by atoms with van der Waals surface area (Å²) in [5, 5.41) is 18.3. The number of nitrogens with two attached hydrogens (primary N) is 1. The number of aromatic hydroxyl groups is 1. The third kappa shape index (κ3) is 2.85. The van der Waals surface area contributed by atoms with Crippen LogP contribution in [-0.4, -0.2) is 16.2 Å². The van der Waals surface area contributed by atoms with Crippen molar-refractivity contribution in [1.29, 1.82) is 0 Å². The van der Waals surface area contributed by atoms with E-state index in [2.05, 4.69) is 11.8 Å². The zero-order valence-corrected chi connectivity index (χ0v) is 9.92. The van der Waals surface area contributed by atoms with Crippen LogP contribution in [0.2, 0.25) is 0 Å². The molecule has 94 valence electrons. The van der Waals surface area contributed by atoms with Crippen molar-refractivity contribution in [1.82, 2.24) is 0 Å². The molecule has 0 fully saturated rings. The molecule has 0 aliphatic heterocycles. The van der Waals surface area contributed by atoms with E-state index in [-0.39, 0.29) is 17.0 Å². The predicted octanol–water partition coefficient (Wildman–Crippen LogP) is 2.07. The predicted molar refractivity (Wildman–Crippen MR) is 71.9 cm³/mol. The quantitative estimate of drug-likeness (QED) is 0.536. The van der Waals surface area contributed by atoms with E-state index in [1.54, 1.807) is 30.3 Å². The molecule has 2 aromatic carbocycles. The Kier molecular flexibility index (Phi) is 3.39. The molecular formula is C15H11NO3. The van der Waals surface area contributed by atoms with Gasteiger partial charge in [0.15, 0.2) is 0 Å². The molecule has 4 nitrogen and oxygen atoms in total. The Morgan fingerprint density at radius 1 is 1.11 bits per heavy atom. The zero-order chi connectivity index (χ0) is 13.8. The lowest BCUT2D eigenvalue weighted by molar-refractivity contribution is 0.0698. The summed E-state index contributed by atoms with van der Waals surface area (Å²) in [5.41, 5.74) is 6.99. The molecule has 0 radical (unpaired) electrons. The number of hydrogen-bond acceptors (Lipinski definition) is 3. The van der Waals surface area contributed by atoms with Gasteiger partial charge in [0.25, 0.3) is 0 Å². The number of aromatic carboxylic acids is 1. The van der Waals surface area contributed by atoms with E-state index in [0.29, 0.717) is 11.1 Å². The highest BCUT2D eigenvalue weighted by Gasteiger charge is 2.09. The minimum atomic E-state index is -1.08. The van der Waals surface area contributed by atoms with Crippen LogP contribution in [0.5, 0.6) is 5.75 Å². The van der Waals surface area contributed by atoms with Crippen LogP contribution in [0.4, 0.5) is 5.69 Å². The average molecular weight is 253 g/mol. The van der Waals surface area contributed by atoms with Gasteiger partial charge in [-0.15, -0.1) is 0 Å². The monoisotopic (exact) mass is 253 g/mol. The van der Waals surface area contributed by atoms with Crippen LogP contribution in [0.25, 0.3) is 0 Å². The van der Waals surface area contributed by atoms with Crippen molar-refractivity contribution in [2.75, 3.05) is 5.73 Å². The Labute approximate surface area is 110 Å². The molecule has 2 rings (SSSR count). The fourth-order valence-electron chi connectivity index (χ4n) is 1.58. The summed E-state index contributed by atoms with van der Waals surface area (Å²) in [6.45, 7) is 0. The summed E-state index contributed by atoms with van der Waals surface area (Å²) in [4.78, 5) is 10.9. The molecule has 4 heteroatoms. The maximum absolute atomic E-state index is 10.9. The van der Waals surface area contributed by atoms with Gasteiger partial charge in [-0.05, 0) is 30.3 Å². The summed E-state index contributed by atoms with van der Waals surface area (Å²) in [6, 6.07) is 11.1. The van der Waals surface area contributed by atoms with Crippen LogP contribution in [-0.2, 0) is 0 Å². The fourth-order valence-corrected chi connectivity index (χ4v) is 1.58. The molecule has 0 heterocycles. The third-order valence-corrected chi connectivity index (χ3v) is 2.52. The second-order valence-corrected chi connectivity index (χ2v) is 3.87. The second-order valence-electron chi connectivity index (χ2n) is 3.87. The van der Waals surface area contributed by atoms with Crippen molar-refractivity contribution in [2.24, 2.45) is 0 Å². The lowest BCUT2D eigenvalue weighted by atomic mass is 10.1. The lowest BCUT2D eigenvalue weighted by Crippen LogP contribution is -2.03. The van der Waals surface area contributed by atoms with Gasteiger partial charge in [-0.25, -0.2) is 4.79 Å². The maximum Gasteiger partial charge on any atom is 0.337 e. The fraction of sp³-hybridized carbons (Fsp3) is 0. The SMILES string of the molecule is Nc1c(C#Cc2cccc(O)c2)cccc1C(=O)O. The van der Waals surface area contributed by atoms with E-state index < -0.39 is 5.97 Å². The van der Waals surface area contributed by atoms with Gasteiger partial charge >= 0.3 is 5.97 Å². The summed E-state index contributed by atoms with van der Waals surface area (Å²) < 4.78 is 0. The molecule has 0 bridgehead atoms. The molecule has 0 spiro atoms. The van der Waals surface area contributed by atoms with Crippen molar-refractivity contribution in [3.63, 3.8) is 0 Å². The standard InChI is InChI=1S/C15H11NO3/c16-14-11(4-2-6-13(14)15(18)19)8-7-10-3-1-5-12(17)9-10/h1-6,9,17H,16H2,(H,18,19). The Morgan fingerprint density at radius 2 is 1.84 bits per heavy atom. The first-order valence-corrected chi connectivity index (χ1v) is 5.51. The number of anilines is 1. The normalized spacial score (nSPS) is 9.47. The summed E-state index contributed by atoms with van der Waals surface area (Å²) >= 11 is 0. The Bertz CT molecular complexity index is 696. The first-order valence-electron chi connectivity index (χ1n) is 5.51. The number of nitrogen functional groups attached to an aromatic ring is 1. The first-order chi connectivity index (χ1) is 9.08. The van der Waals surface area contributed by atoms with Crippen molar-refractivity contribution in [3.05, 3.63) is 59.2 Å². The first kappa shape index (κ1) is 12.5. The Hall–Kier alpha value is -2.93. The van der Waals surface area contributed by atoms with Crippen LogP contribution in [0.3, 0.4) is 0 Å². The number of phenols is 1. The number of carboxylic acids is 1. The van der Waals surface area contributed by atoms with Crippen molar-refractivity contribution >= 4 is 11.7 Å². The molecule has 0 aliphatic carbocycles. The molecule has 0 unspecified atom stereocenters. The van der Waals surface area contributed by atoms with Crippen molar-refractivity contribution < 1.29 is 15.0 Å². The summed E-state index contributed by atoms with van der Waals surface area (Å²) in [6.07, 6.45) is 0. The number of carbonyl (C=O) groups is 1. The highest BCUT2D eigenvalue weighted by molar-refractivity contribution is 5.95. The van der Waals surface area contributed by atoms with E-state index >= 15 is 0 Å². The number of rotatable bonds is 1. The average Bonchev–Trinajstić information content (AvgIpc) is 2.37. The van der Waals surface area contributed by atoms with Gasteiger partial charge in [0.1, 0.15) is 5.75 Å². The lowest BCUT2D eigenvalue weighted by Gasteiger charge is -2.02. The van der Waals surface area contributed by atoms with E-state index in [9.17, 15) is 9.90 Å². The Balaban J connectivity index is 2.40. The van der Waals surface area contributed by atoms with Crippen molar-refractivity contribution in [3.8, 4) is 17.6 Å². The number of phenolic OH excluding ortho intramolecular Hbond substituents is 1. The topological polar surface area (TPSA) is 83.5 Å². The number of hydrogen-bond donors (Lipinski definition) is 3. The highest BCUT2D eigenvalue weighted by Crippen LogP contribution is 2.17. The van der Waals surface area contributed by atoms with Gasteiger partial charge in [-0.3, -0.25) is 0 Å². The molecule has 0 aliphatic rings. The van der Waals surface area contributed by atoms with Crippen LogP contribution in [0, 0.1) is 11.8 Å². The summed E-state index contributed by atoms with van der Waals surface area (Å²) in [7, 11) is 0. The van der Waals surface area contributed by atoms with Gasteiger partial charge in [0.2, 0.25) is 0 Å². The van der Waals surface area contributed by atoms with Gasteiger partial charge < -0.3 is 15.9 Å². The van der Waals surface area contributed by atoms with Crippen LogP contribution < -0.4 is 5.73 Å². The van der Waals surface area contributed by atoms with Gasteiger partial charge in [0, 0.05) is 11.1 Å².